The van der Waals surface area contributed by atoms with Crippen LogP contribution in [0.15, 0.2) is 36.4 Å². The summed E-state index contributed by atoms with van der Waals surface area (Å²) in [7, 11) is 0. The Morgan fingerprint density at radius 3 is 2.71 bits per heavy atom. The first kappa shape index (κ1) is 20.6. The lowest BCUT2D eigenvalue weighted by Gasteiger charge is -2.78. The Bertz CT molecular complexity index is 1290. The smallest absolute Gasteiger partial charge is 0.256 e. The van der Waals surface area contributed by atoms with Crippen LogP contribution < -0.4 is 4.74 Å². The summed E-state index contributed by atoms with van der Waals surface area (Å²) in [5.41, 5.74) is 1.35. The number of fused-ring (bicyclic) bond motifs is 4. The quantitative estimate of drug-likeness (QED) is 0.633. The monoisotopic (exact) mass is 474 g/mol. The van der Waals surface area contributed by atoms with Gasteiger partial charge in [0.25, 0.3) is 5.91 Å². The molecule has 4 fully saturated rings. The lowest BCUT2D eigenvalue weighted by atomic mass is 9.35. The molecule has 2 unspecified atom stereocenters. The summed E-state index contributed by atoms with van der Waals surface area (Å²) >= 11 is 0. The van der Waals surface area contributed by atoms with Crippen LogP contribution in [-0.4, -0.2) is 67.9 Å². The summed E-state index contributed by atoms with van der Waals surface area (Å²) in [5, 5.41) is 34.5. The summed E-state index contributed by atoms with van der Waals surface area (Å²) < 4.78 is 6.58. The lowest BCUT2D eigenvalue weighted by molar-refractivity contribution is -0.323. The molecule has 0 bridgehead atoms. The van der Waals surface area contributed by atoms with Gasteiger partial charge in [-0.3, -0.25) is 9.69 Å². The number of amides is 1. The summed E-state index contributed by atoms with van der Waals surface area (Å²) in [5.74, 6) is 1.26. The van der Waals surface area contributed by atoms with Crippen LogP contribution in [0, 0.1) is 18.8 Å². The molecule has 7 heteroatoms. The van der Waals surface area contributed by atoms with Crippen LogP contribution in [0.2, 0.25) is 0 Å². The van der Waals surface area contributed by atoms with Crippen LogP contribution in [0.3, 0.4) is 0 Å². The molecule has 1 spiro atoms. The van der Waals surface area contributed by atoms with E-state index in [-0.39, 0.29) is 23.6 Å². The van der Waals surface area contributed by atoms with E-state index in [2.05, 4.69) is 4.90 Å². The summed E-state index contributed by atoms with van der Waals surface area (Å²) in [6.45, 7) is 3.95. The highest BCUT2D eigenvalue weighted by atomic mass is 16.5. The number of aromatic hydroxyl groups is 1. The maximum atomic E-state index is 13.5. The third-order valence-corrected chi connectivity index (χ3v) is 10.1. The molecule has 3 aliphatic carbocycles. The van der Waals surface area contributed by atoms with Crippen molar-refractivity contribution in [2.45, 2.75) is 68.0 Å². The van der Waals surface area contributed by atoms with Crippen LogP contribution in [0.4, 0.5) is 0 Å². The number of carbonyl (C=O) groups excluding carboxylic acids is 1. The Kier molecular flexibility index (Phi) is 3.75. The molecule has 6 aliphatic rings. The average Bonchev–Trinajstić information content (AvgIpc) is 3.52. The first-order valence-electron chi connectivity index (χ1n) is 12.9. The van der Waals surface area contributed by atoms with Gasteiger partial charge in [0.1, 0.15) is 6.10 Å². The molecule has 1 amide bonds. The number of rotatable bonds is 3. The highest BCUT2D eigenvalue weighted by Crippen LogP contribution is 2.74. The minimum Gasteiger partial charge on any atom is -0.504 e. The van der Waals surface area contributed by atoms with Crippen molar-refractivity contribution in [3.63, 3.8) is 0 Å². The van der Waals surface area contributed by atoms with Gasteiger partial charge in [-0.2, -0.15) is 0 Å². The van der Waals surface area contributed by atoms with Gasteiger partial charge in [-0.15, -0.1) is 0 Å². The number of hydrogen-bond donors (Lipinski definition) is 3. The summed E-state index contributed by atoms with van der Waals surface area (Å²) in [4.78, 5) is 17.5. The number of nitrogens with zero attached hydrogens (tertiary/aromatic N) is 2. The molecular weight excluding hydrogens is 444 g/mol. The number of phenolic OH excluding ortho intramolecular Hbond substituents is 1. The largest absolute Gasteiger partial charge is 0.504 e. The number of ether oxygens (including phenoxy) is 1. The molecule has 3 saturated carbocycles. The maximum Gasteiger partial charge on any atom is 0.256 e. The number of piperidine rings is 1. The van der Waals surface area contributed by atoms with Crippen molar-refractivity contribution in [1.29, 1.82) is 0 Å². The van der Waals surface area contributed by atoms with E-state index in [1.807, 2.05) is 25.1 Å². The van der Waals surface area contributed by atoms with Crippen LogP contribution in [0.1, 0.15) is 59.0 Å². The first-order valence-corrected chi connectivity index (χ1v) is 12.9. The Morgan fingerprint density at radius 2 is 1.94 bits per heavy atom. The van der Waals surface area contributed by atoms with Crippen molar-refractivity contribution in [3.05, 3.63) is 58.7 Å². The van der Waals surface area contributed by atoms with Gasteiger partial charge >= 0.3 is 0 Å². The normalized spacial score (nSPS) is 40.6. The van der Waals surface area contributed by atoms with Gasteiger partial charge < -0.3 is 25.0 Å². The standard InChI is InChI=1S/C28H30N2O5/c1-14-6-9-20(31)22-21(14)28-18-13-29(12-15-7-8-15)23(18)27(28,34)11-10-19(24(28)35-22)30-25(32)16-4-2-3-5-17(16)26(30)33/h2-6,9,15,18-19,23-25,31-32,34H,7-8,10-13H2,1H3/t18?,19-,23-,24+,25?,27-,28+/m1/s1. The Balaban J connectivity index is 1.25. The molecule has 3 heterocycles. The topological polar surface area (TPSA) is 93.5 Å². The Labute approximate surface area is 203 Å². The van der Waals surface area contributed by atoms with Crippen molar-refractivity contribution < 1.29 is 24.9 Å². The predicted octanol–water partition coefficient (Wildman–Crippen LogP) is 2.46. The maximum absolute atomic E-state index is 13.5. The van der Waals surface area contributed by atoms with Crippen LogP contribution in [0.5, 0.6) is 11.5 Å². The fraction of sp³-hybridized carbons (Fsp3) is 0.536. The SMILES string of the molecule is Cc1ccc(O)c2c1[C@]13C4CN(CC5CC5)[C@H]4[C@]1(O)CC[C@@H](N1C(=O)c4ccccc4C1O)[C@@H]3O2. The number of likely N-dealkylation sites (tertiary alicyclic amines) is 1. The van der Waals surface area contributed by atoms with Gasteiger partial charge in [0.2, 0.25) is 0 Å². The van der Waals surface area contributed by atoms with Crippen molar-refractivity contribution in [2.75, 3.05) is 13.1 Å². The number of hydrogen-bond acceptors (Lipinski definition) is 6. The van der Waals surface area contributed by atoms with Gasteiger partial charge in [0, 0.05) is 41.7 Å². The molecule has 3 N–H and O–H groups in total. The summed E-state index contributed by atoms with van der Waals surface area (Å²) in [6.07, 6.45) is 2.04. The second kappa shape index (κ2) is 6.38. The summed E-state index contributed by atoms with van der Waals surface area (Å²) in [6, 6.07) is 10.4. The molecule has 2 aromatic rings. The van der Waals surface area contributed by atoms with E-state index < -0.39 is 29.4 Å². The van der Waals surface area contributed by atoms with E-state index in [0.717, 1.165) is 30.1 Å². The fourth-order valence-electron chi connectivity index (χ4n) is 8.61. The van der Waals surface area contributed by atoms with Gasteiger partial charge in [-0.1, -0.05) is 24.3 Å². The van der Waals surface area contributed by atoms with Crippen LogP contribution in [0.25, 0.3) is 0 Å². The molecule has 3 aliphatic heterocycles. The average molecular weight is 475 g/mol. The molecule has 0 radical (unpaired) electrons. The zero-order valence-electron chi connectivity index (χ0n) is 19.7. The van der Waals surface area contributed by atoms with E-state index in [1.165, 1.54) is 12.8 Å². The Hall–Kier alpha value is -2.61. The molecule has 0 aromatic heterocycles. The molecule has 2 aromatic carbocycles. The Morgan fingerprint density at radius 1 is 1.14 bits per heavy atom. The zero-order chi connectivity index (χ0) is 23.9. The van der Waals surface area contributed by atoms with Gasteiger partial charge in [-0.05, 0) is 56.2 Å². The van der Waals surface area contributed by atoms with Crippen molar-refractivity contribution in [3.8, 4) is 11.5 Å². The molecule has 8 rings (SSSR count). The van der Waals surface area contributed by atoms with Gasteiger partial charge in [0.15, 0.2) is 17.7 Å². The van der Waals surface area contributed by atoms with Crippen molar-refractivity contribution in [2.24, 2.45) is 11.8 Å². The number of aliphatic hydroxyl groups excluding tert-OH is 1. The minimum absolute atomic E-state index is 0.0738. The van der Waals surface area contributed by atoms with E-state index in [0.29, 0.717) is 29.7 Å². The molecule has 7 nitrogen and oxygen atoms in total. The third kappa shape index (κ3) is 2.19. The van der Waals surface area contributed by atoms with Crippen LogP contribution >= 0.6 is 0 Å². The van der Waals surface area contributed by atoms with Gasteiger partial charge in [-0.25, -0.2) is 0 Å². The molecule has 182 valence electrons. The highest BCUT2D eigenvalue weighted by molar-refractivity contribution is 5.99. The van der Waals surface area contributed by atoms with Crippen molar-refractivity contribution >= 4 is 5.91 Å². The van der Waals surface area contributed by atoms with E-state index in [1.54, 1.807) is 23.1 Å². The molecule has 7 atom stereocenters. The molecule has 35 heavy (non-hydrogen) atoms. The number of carbonyl (C=O) groups is 1. The van der Waals surface area contributed by atoms with E-state index in [4.69, 9.17) is 4.74 Å². The predicted molar refractivity (Wildman–Crippen MR) is 126 cm³/mol. The van der Waals surface area contributed by atoms with E-state index >= 15 is 0 Å². The lowest BCUT2D eigenvalue weighted by Crippen LogP contribution is -2.92. The minimum atomic E-state index is -1.04. The molecular formula is C28H30N2O5. The number of benzene rings is 2. The van der Waals surface area contributed by atoms with Crippen LogP contribution in [-0.2, 0) is 5.41 Å². The zero-order valence-corrected chi connectivity index (χ0v) is 19.7. The highest BCUT2D eigenvalue weighted by Gasteiger charge is 2.85. The molecule has 1 saturated heterocycles. The van der Waals surface area contributed by atoms with Gasteiger partial charge in [0.05, 0.1) is 17.1 Å². The number of aryl methyl sites for hydroxylation is 1. The fourth-order valence-corrected chi connectivity index (χ4v) is 8.61. The number of aliphatic hydroxyl groups is 2. The van der Waals surface area contributed by atoms with Crippen molar-refractivity contribution in [1.82, 2.24) is 9.80 Å². The third-order valence-electron chi connectivity index (χ3n) is 10.1. The second-order valence-electron chi connectivity index (χ2n) is 11.7. The number of phenols is 1. The van der Waals surface area contributed by atoms with E-state index in [9.17, 15) is 20.1 Å². The second-order valence-corrected chi connectivity index (χ2v) is 11.7. The first-order chi connectivity index (χ1) is 16.9.